The number of ether oxygens (including phenoxy) is 1. The van der Waals surface area contributed by atoms with Gasteiger partial charge in [-0.05, 0) is 43.4 Å². The molecular formula is C15H22N5O2S+. The van der Waals surface area contributed by atoms with Crippen molar-refractivity contribution in [1.82, 2.24) is 16.2 Å². The van der Waals surface area contributed by atoms with Crippen molar-refractivity contribution in [1.29, 1.82) is 5.26 Å². The molecule has 0 saturated heterocycles. The summed E-state index contributed by atoms with van der Waals surface area (Å²) < 4.78 is 5.49. The number of hydrazine groups is 1. The lowest BCUT2D eigenvalue weighted by Gasteiger charge is -2.16. The molecule has 0 spiro atoms. The van der Waals surface area contributed by atoms with Gasteiger partial charge in [0.1, 0.15) is 5.75 Å². The van der Waals surface area contributed by atoms with Crippen molar-refractivity contribution in [2.24, 2.45) is 0 Å². The number of rotatable bonds is 6. The Balaban J connectivity index is 2.33. The molecule has 8 heteroatoms. The van der Waals surface area contributed by atoms with Gasteiger partial charge in [0.15, 0.2) is 11.2 Å². The topological polar surface area (TPSA) is 90.6 Å². The summed E-state index contributed by atoms with van der Waals surface area (Å²) in [6.07, 6.45) is -0.704. The van der Waals surface area contributed by atoms with E-state index in [4.69, 9.17) is 22.2 Å². The molecule has 1 rings (SSSR count). The minimum atomic E-state index is -0.704. The maximum Gasteiger partial charge on any atom is 0.279 e. The van der Waals surface area contributed by atoms with Crippen LogP contribution in [0.2, 0.25) is 0 Å². The summed E-state index contributed by atoms with van der Waals surface area (Å²) in [4.78, 5) is 13.2. The maximum atomic E-state index is 11.9. The highest BCUT2D eigenvalue weighted by Gasteiger charge is 2.14. The maximum absolute atomic E-state index is 11.9. The molecule has 1 aromatic carbocycles. The van der Waals surface area contributed by atoms with E-state index in [9.17, 15) is 4.79 Å². The molecule has 1 atom stereocenters. The summed E-state index contributed by atoms with van der Waals surface area (Å²) in [5.74, 6) is 0.165. The lowest BCUT2D eigenvalue weighted by Crippen LogP contribution is -3.06. The van der Waals surface area contributed by atoms with Gasteiger partial charge in [-0.25, -0.2) is 0 Å². The quantitative estimate of drug-likeness (QED) is 0.392. The first-order chi connectivity index (χ1) is 10.9. The molecule has 4 N–H and O–H groups in total. The summed E-state index contributed by atoms with van der Waals surface area (Å²) >= 11 is 5.05. The summed E-state index contributed by atoms with van der Waals surface area (Å²) in [5.41, 5.74) is 5.65. The van der Waals surface area contributed by atoms with Crippen molar-refractivity contribution in [2.45, 2.75) is 13.0 Å². The van der Waals surface area contributed by atoms with E-state index in [0.717, 1.165) is 6.54 Å². The Hall–Kier alpha value is -2.37. The molecule has 0 aliphatic carbocycles. The molecule has 0 aliphatic heterocycles. The molecule has 23 heavy (non-hydrogen) atoms. The van der Waals surface area contributed by atoms with Crippen LogP contribution in [0, 0.1) is 11.3 Å². The molecule has 0 saturated carbocycles. The molecule has 0 aliphatic rings. The number of quaternary nitrogens is 1. The molecule has 0 aromatic heterocycles. The van der Waals surface area contributed by atoms with Gasteiger partial charge in [0.25, 0.3) is 5.91 Å². The van der Waals surface area contributed by atoms with Gasteiger partial charge in [-0.15, -0.1) is 0 Å². The number of likely N-dealkylation sites (N-methyl/N-ethyl adjacent to an activating group) is 1. The number of hydrogen-bond acceptors (Lipinski definition) is 4. The van der Waals surface area contributed by atoms with Crippen molar-refractivity contribution in [3.8, 4) is 11.8 Å². The average molecular weight is 336 g/mol. The van der Waals surface area contributed by atoms with E-state index in [1.165, 1.54) is 4.90 Å². The van der Waals surface area contributed by atoms with Gasteiger partial charge in [0.05, 0.1) is 38.8 Å². The number of nitrogens with zero attached hydrogens (tertiary/aromatic N) is 1. The standard InChI is InChI=1S/C15H21N5O2S/c1-11(22-13-6-4-12(10-16)5-7-13)14(21)18-19-15(23)17-8-9-20(2)3/h4-7,11H,8-9H2,1-3H3,(H,18,21)(H2,17,19,23)/p+1/t11-/m0/s1. The monoisotopic (exact) mass is 336 g/mol. The highest BCUT2D eigenvalue weighted by Crippen LogP contribution is 2.13. The third-order valence-corrected chi connectivity index (χ3v) is 3.12. The van der Waals surface area contributed by atoms with E-state index in [1.807, 2.05) is 20.2 Å². The number of hydrogen-bond donors (Lipinski definition) is 4. The smallest absolute Gasteiger partial charge is 0.279 e. The zero-order valence-corrected chi connectivity index (χ0v) is 14.3. The second-order valence-corrected chi connectivity index (χ2v) is 5.63. The Bertz CT molecular complexity index is 568. The lowest BCUT2D eigenvalue weighted by atomic mass is 10.2. The molecule has 0 bridgehead atoms. The fourth-order valence-electron chi connectivity index (χ4n) is 1.56. The number of benzene rings is 1. The van der Waals surface area contributed by atoms with Crippen molar-refractivity contribution >= 4 is 23.2 Å². The Kier molecular flexibility index (Phi) is 7.80. The van der Waals surface area contributed by atoms with Crippen LogP contribution < -0.4 is 25.8 Å². The Morgan fingerprint density at radius 2 is 2.00 bits per heavy atom. The average Bonchev–Trinajstić information content (AvgIpc) is 2.52. The van der Waals surface area contributed by atoms with Crippen molar-refractivity contribution < 1.29 is 14.4 Å². The molecule has 0 unspecified atom stereocenters. The summed E-state index contributed by atoms with van der Waals surface area (Å²) in [7, 11) is 4.09. The third kappa shape index (κ3) is 7.44. The first kappa shape index (κ1) is 18.7. The van der Waals surface area contributed by atoms with E-state index in [0.29, 0.717) is 23.0 Å². The normalized spacial score (nSPS) is 11.3. The van der Waals surface area contributed by atoms with Crippen LogP contribution in [0.3, 0.4) is 0 Å². The van der Waals surface area contributed by atoms with E-state index in [2.05, 4.69) is 16.2 Å². The predicted molar refractivity (Wildman–Crippen MR) is 90.8 cm³/mol. The molecule has 1 aromatic rings. The number of carbonyl (C=O) groups is 1. The van der Waals surface area contributed by atoms with Crippen LogP contribution in [0.1, 0.15) is 12.5 Å². The molecule has 124 valence electrons. The van der Waals surface area contributed by atoms with Crippen molar-refractivity contribution in [2.75, 3.05) is 27.2 Å². The summed E-state index contributed by atoms with van der Waals surface area (Å²) in [5, 5.41) is 12.1. The Morgan fingerprint density at radius 1 is 1.35 bits per heavy atom. The Morgan fingerprint density at radius 3 is 2.57 bits per heavy atom. The van der Waals surface area contributed by atoms with Crippen LogP contribution in [-0.4, -0.2) is 44.3 Å². The van der Waals surface area contributed by atoms with Crippen molar-refractivity contribution in [3.05, 3.63) is 29.8 Å². The van der Waals surface area contributed by atoms with Crippen LogP contribution >= 0.6 is 12.2 Å². The fraction of sp³-hybridized carbons (Fsp3) is 0.400. The van der Waals surface area contributed by atoms with Crippen LogP contribution in [-0.2, 0) is 4.79 Å². The molecule has 0 fully saturated rings. The minimum absolute atomic E-state index is 0.350. The van der Waals surface area contributed by atoms with Gasteiger partial charge in [-0.3, -0.25) is 15.6 Å². The zero-order valence-electron chi connectivity index (χ0n) is 13.5. The highest BCUT2D eigenvalue weighted by atomic mass is 32.1. The van der Waals surface area contributed by atoms with Crippen molar-refractivity contribution in [3.63, 3.8) is 0 Å². The number of carbonyl (C=O) groups excluding carboxylic acids is 1. The van der Waals surface area contributed by atoms with Crippen LogP contribution in [0.25, 0.3) is 0 Å². The first-order valence-electron chi connectivity index (χ1n) is 7.22. The van der Waals surface area contributed by atoms with E-state index >= 15 is 0 Å². The SMILES string of the molecule is C[C@H](Oc1ccc(C#N)cc1)C(=O)NNC(=S)NCC[NH+](C)C. The van der Waals surface area contributed by atoms with Gasteiger partial charge >= 0.3 is 0 Å². The van der Waals surface area contributed by atoms with Gasteiger partial charge < -0.3 is 15.0 Å². The first-order valence-corrected chi connectivity index (χ1v) is 7.62. The number of nitriles is 1. The van der Waals surface area contributed by atoms with E-state index in [1.54, 1.807) is 31.2 Å². The molecule has 1 amide bonds. The summed E-state index contributed by atoms with van der Waals surface area (Å²) in [6.45, 7) is 3.25. The van der Waals surface area contributed by atoms with Crippen LogP contribution in [0.4, 0.5) is 0 Å². The van der Waals surface area contributed by atoms with E-state index in [-0.39, 0.29) is 5.91 Å². The van der Waals surface area contributed by atoms with Gasteiger partial charge in [-0.2, -0.15) is 5.26 Å². The van der Waals surface area contributed by atoms with Crippen LogP contribution in [0.15, 0.2) is 24.3 Å². The minimum Gasteiger partial charge on any atom is -0.481 e. The van der Waals surface area contributed by atoms with Gasteiger partial charge in [-0.1, -0.05) is 0 Å². The molecular weight excluding hydrogens is 314 g/mol. The zero-order chi connectivity index (χ0) is 17.2. The number of amides is 1. The van der Waals surface area contributed by atoms with Gasteiger partial charge in [0, 0.05) is 0 Å². The molecule has 7 nitrogen and oxygen atoms in total. The number of thiocarbonyl (C=S) groups is 1. The largest absolute Gasteiger partial charge is 0.481 e. The fourth-order valence-corrected chi connectivity index (χ4v) is 1.71. The van der Waals surface area contributed by atoms with Crippen LogP contribution in [0.5, 0.6) is 5.75 Å². The van der Waals surface area contributed by atoms with E-state index < -0.39 is 6.10 Å². The number of nitrogens with one attached hydrogen (secondary N) is 4. The molecule has 0 heterocycles. The second kappa shape index (κ2) is 9.61. The predicted octanol–water partition coefficient (Wildman–Crippen LogP) is -1.03. The molecule has 0 radical (unpaired) electrons. The Labute approximate surface area is 141 Å². The highest BCUT2D eigenvalue weighted by molar-refractivity contribution is 7.80. The second-order valence-electron chi connectivity index (χ2n) is 5.22. The summed E-state index contributed by atoms with van der Waals surface area (Å²) in [6, 6.07) is 8.57. The lowest BCUT2D eigenvalue weighted by molar-refractivity contribution is -0.856. The third-order valence-electron chi connectivity index (χ3n) is 2.88. The van der Waals surface area contributed by atoms with Gasteiger partial charge in [0.2, 0.25) is 0 Å².